The lowest BCUT2D eigenvalue weighted by molar-refractivity contribution is 0.0990. The van der Waals surface area contributed by atoms with Crippen molar-refractivity contribution in [2.45, 2.75) is 6.54 Å². The predicted molar refractivity (Wildman–Crippen MR) is 106 cm³/mol. The van der Waals surface area contributed by atoms with E-state index in [4.69, 9.17) is 16.3 Å². The number of aromatic hydroxyl groups is 1. The summed E-state index contributed by atoms with van der Waals surface area (Å²) in [5.41, 5.74) is 1.76. The van der Waals surface area contributed by atoms with Gasteiger partial charge in [0.25, 0.3) is 0 Å². The van der Waals surface area contributed by atoms with Crippen LogP contribution in [0.15, 0.2) is 58.9 Å². The van der Waals surface area contributed by atoms with E-state index in [9.17, 15) is 9.90 Å². The van der Waals surface area contributed by atoms with E-state index in [1.54, 1.807) is 25.3 Å². The lowest BCUT2D eigenvalue weighted by atomic mass is 10.2. The monoisotopic (exact) mass is 410 g/mol. The maximum absolute atomic E-state index is 12.3. The second kappa shape index (κ2) is 7.72. The quantitative estimate of drug-likeness (QED) is 0.480. The number of azo groups is 1. The molecule has 0 saturated carbocycles. The predicted octanol–water partition coefficient (Wildman–Crippen LogP) is 4.10. The Balaban J connectivity index is 1.50. The molecule has 0 fully saturated rings. The van der Waals surface area contributed by atoms with E-state index >= 15 is 0 Å². The van der Waals surface area contributed by atoms with Crippen molar-refractivity contribution in [3.8, 4) is 11.6 Å². The molecule has 1 amide bonds. The van der Waals surface area contributed by atoms with E-state index in [-0.39, 0.29) is 17.3 Å². The number of ether oxygens (including phenoxy) is 1. The third-order valence-corrected chi connectivity index (χ3v) is 4.45. The largest absolute Gasteiger partial charge is 0.497 e. The molecule has 0 spiro atoms. The van der Waals surface area contributed by atoms with Gasteiger partial charge in [-0.15, -0.1) is 15.3 Å². The molecule has 0 aliphatic heterocycles. The average molecular weight is 411 g/mol. The maximum Gasteiger partial charge on any atom is 0.317 e. The summed E-state index contributed by atoms with van der Waals surface area (Å²) in [7, 11) is 1.60. The molecule has 2 heterocycles. The molecule has 0 bridgehead atoms. The van der Waals surface area contributed by atoms with Crippen LogP contribution in [-0.2, 0) is 6.54 Å². The number of benzene rings is 2. The van der Waals surface area contributed by atoms with Crippen LogP contribution in [-0.4, -0.2) is 38.1 Å². The average Bonchev–Trinajstić information content (AvgIpc) is 3.30. The van der Waals surface area contributed by atoms with Gasteiger partial charge in [0.2, 0.25) is 5.88 Å². The molecule has 9 nitrogen and oxygen atoms in total. The molecule has 0 unspecified atom stereocenters. The molecule has 4 rings (SSSR count). The fourth-order valence-corrected chi connectivity index (χ4v) is 2.95. The first-order valence-corrected chi connectivity index (χ1v) is 8.90. The van der Waals surface area contributed by atoms with E-state index in [0.29, 0.717) is 22.5 Å². The van der Waals surface area contributed by atoms with Gasteiger partial charge in [-0.2, -0.15) is 0 Å². The Bertz CT molecular complexity index is 1210. The summed E-state index contributed by atoms with van der Waals surface area (Å²) in [6.45, 7) is 0.434. The standard InChI is InChI=1S/C19H15ClN6O3/c1-29-13-5-2-11(3-6-13)9-26-10-16(22-25-26)18(27)24-23-17-14-8-12(20)4-7-15(14)21-19(17)28/h2-8,10,21,28H,9H2,1H3. The van der Waals surface area contributed by atoms with Crippen molar-refractivity contribution in [2.24, 2.45) is 10.2 Å². The molecule has 29 heavy (non-hydrogen) atoms. The van der Waals surface area contributed by atoms with Crippen LogP contribution in [0.5, 0.6) is 11.6 Å². The van der Waals surface area contributed by atoms with Crippen molar-refractivity contribution in [2.75, 3.05) is 7.11 Å². The molecule has 0 saturated heterocycles. The van der Waals surface area contributed by atoms with Crippen LogP contribution in [0.2, 0.25) is 5.02 Å². The highest BCUT2D eigenvalue weighted by atomic mass is 35.5. The summed E-state index contributed by atoms with van der Waals surface area (Å²) in [6.07, 6.45) is 1.48. The van der Waals surface area contributed by atoms with Gasteiger partial charge in [-0.25, -0.2) is 4.68 Å². The van der Waals surface area contributed by atoms with Crippen LogP contribution in [0.25, 0.3) is 10.9 Å². The zero-order chi connectivity index (χ0) is 20.4. The van der Waals surface area contributed by atoms with Gasteiger partial charge in [-0.05, 0) is 35.9 Å². The number of fused-ring (bicyclic) bond motifs is 1. The van der Waals surface area contributed by atoms with Crippen LogP contribution in [0.4, 0.5) is 5.69 Å². The number of hydrogen-bond donors (Lipinski definition) is 2. The Morgan fingerprint density at radius 1 is 1.28 bits per heavy atom. The summed E-state index contributed by atoms with van der Waals surface area (Å²) >= 11 is 5.98. The number of rotatable bonds is 5. The van der Waals surface area contributed by atoms with E-state index in [1.807, 2.05) is 24.3 Å². The normalized spacial score (nSPS) is 11.4. The van der Waals surface area contributed by atoms with Gasteiger partial charge in [0.15, 0.2) is 11.4 Å². The van der Waals surface area contributed by atoms with E-state index < -0.39 is 5.91 Å². The van der Waals surface area contributed by atoms with Gasteiger partial charge in [0, 0.05) is 10.4 Å². The second-order valence-corrected chi connectivity index (χ2v) is 6.60. The first-order valence-electron chi connectivity index (χ1n) is 8.53. The van der Waals surface area contributed by atoms with Crippen LogP contribution in [0.1, 0.15) is 16.1 Å². The number of halogens is 1. The van der Waals surface area contributed by atoms with Crippen LogP contribution in [0.3, 0.4) is 0 Å². The first-order chi connectivity index (χ1) is 14.0. The number of H-pyrrole nitrogens is 1. The summed E-state index contributed by atoms with van der Waals surface area (Å²) < 4.78 is 6.65. The van der Waals surface area contributed by atoms with Crippen molar-refractivity contribution in [3.05, 3.63) is 64.9 Å². The molecule has 0 atom stereocenters. The molecular weight excluding hydrogens is 396 g/mol. The third kappa shape index (κ3) is 3.94. The SMILES string of the molecule is COc1ccc(Cn2cc(C(=O)N=Nc3c(O)[nH]c4ccc(Cl)cc34)nn2)cc1. The minimum Gasteiger partial charge on any atom is -0.497 e. The minimum atomic E-state index is -0.679. The molecule has 2 N–H and O–H groups in total. The van der Waals surface area contributed by atoms with Crippen molar-refractivity contribution < 1.29 is 14.6 Å². The number of aromatic amines is 1. The summed E-state index contributed by atoms with van der Waals surface area (Å²) in [5.74, 6) is -0.130. The molecule has 4 aromatic rings. The van der Waals surface area contributed by atoms with Crippen molar-refractivity contribution in [3.63, 3.8) is 0 Å². The van der Waals surface area contributed by atoms with Gasteiger partial charge < -0.3 is 14.8 Å². The number of carbonyl (C=O) groups is 1. The van der Waals surface area contributed by atoms with Crippen LogP contribution < -0.4 is 4.74 Å². The second-order valence-electron chi connectivity index (χ2n) is 6.17. The number of nitrogens with zero attached hydrogens (tertiary/aromatic N) is 5. The Morgan fingerprint density at radius 3 is 2.83 bits per heavy atom. The molecular formula is C19H15ClN6O3. The summed E-state index contributed by atoms with van der Waals surface area (Å²) in [6, 6.07) is 12.5. The van der Waals surface area contributed by atoms with Crippen LogP contribution >= 0.6 is 11.6 Å². The number of aromatic nitrogens is 4. The highest BCUT2D eigenvalue weighted by Gasteiger charge is 2.14. The third-order valence-electron chi connectivity index (χ3n) is 4.22. The van der Waals surface area contributed by atoms with E-state index in [1.165, 1.54) is 10.9 Å². The number of amides is 1. The maximum atomic E-state index is 12.3. The minimum absolute atomic E-state index is 0.0413. The Labute approximate surface area is 169 Å². The molecule has 0 aliphatic carbocycles. The molecule has 146 valence electrons. The molecule has 2 aromatic carbocycles. The van der Waals surface area contributed by atoms with E-state index in [0.717, 1.165) is 11.3 Å². The lowest BCUT2D eigenvalue weighted by Gasteiger charge is -2.02. The highest BCUT2D eigenvalue weighted by molar-refractivity contribution is 6.31. The van der Waals surface area contributed by atoms with Crippen LogP contribution in [0, 0.1) is 0 Å². The number of methoxy groups -OCH3 is 1. The van der Waals surface area contributed by atoms with Crippen molar-refractivity contribution in [1.29, 1.82) is 0 Å². The Hall–Kier alpha value is -3.72. The molecule has 0 radical (unpaired) electrons. The lowest BCUT2D eigenvalue weighted by Crippen LogP contribution is -2.00. The number of carbonyl (C=O) groups excluding carboxylic acids is 1. The fraction of sp³-hybridized carbons (Fsp3) is 0.105. The van der Waals surface area contributed by atoms with Gasteiger partial charge in [0.05, 0.1) is 25.4 Å². The van der Waals surface area contributed by atoms with E-state index in [2.05, 4.69) is 25.5 Å². The van der Waals surface area contributed by atoms with Gasteiger partial charge in [0.1, 0.15) is 5.75 Å². The van der Waals surface area contributed by atoms with Crippen molar-refractivity contribution >= 4 is 34.1 Å². The van der Waals surface area contributed by atoms with Crippen molar-refractivity contribution in [1.82, 2.24) is 20.0 Å². The Kier molecular flexibility index (Phi) is 4.96. The smallest absolute Gasteiger partial charge is 0.317 e. The fourth-order valence-electron chi connectivity index (χ4n) is 2.78. The van der Waals surface area contributed by atoms with Gasteiger partial charge in [-0.3, -0.25) is 4.79 Å². The zero-order valence-electron chi connectivity index (χ0n) is 15.2. The highest BCUT2D eigenvalue weighted by Crippen LogP contribution is 2.36. The molecule has 10 heteroatoms. The zero-order valence-corrected chi connectivity index (χ0v) is 16.0. The molecule has 2 aromatic heterocycles. The number of nitrogens with one attached hydrogen (secondary N) is 1. The molecule has 0 aliphatic rings. The Morgan fingerprint density at radius 2 is 2.07 bits per heavy atom. The first kappa shape index (κ1) is 18.6. The van der Waals surface area contributed by atoms with Gasteiger partial charge >= 0.3 is 5.91 Å². The summed E-state index contributed by atoms with van der Waals surface area (Å²) in [5, 5.41) is 26.3. The number of hydrogen-bond acceptors (Lipinski definition) is 6. The summed E-state index contributed by atoms with van der Waals surface area (Å²) in [4.78, 5) is 15.0. The topological polar surface area (TPSA) is 118 Å². The van der Waals surface area contributed by atoms with Gasteiger partial charge in [-0.1, -0.05) is 28.9 Å².